The van der Waals surface area contributed by atoms with Gasteiger partial charge in [0.15, 0.2) is 0 Å². The first-order valence-electron chi connectivity index (χ1n) is 8.79. The summed E-state index contributed by atoms with van der Waals surface area (Å²) in [6, 6.07) is 10.7. The van der Waals surface area contributed by atoms with Crippen molar-refractivity contribution in [2.24, 2.45) is 0 Å². The maximum Gasteiger partial charge on any atom is 0.338 e. The standard InChI is InChI=1S/C19H16ClN3O5S/c20-14-4-7-17-21-15(10-18(24)22(17)11-14)12-28-19(25)13-2-5-16(6-3-13)23-8-1-9-29(23,26)27/h2-7,10-11H,1,8-9,12H2. The van der Waals surface area contributed by atoms with E-state index in [1.807, 2.05) is 0 Å². The van der Waals surface area contributed by atoms with Gasteiger partial charge >= 0.3 is 5.97 Å². The van der Waals surface area contributed by atoms with Crippen molar-refractivity contribution in [1.29, 1.82) is 0 Å². The Bertz CT molecular complexity index is 1260. The van der Waals surface area contributed by atoms with Crippen LogP contribution in [-0.4, -0.2) is 36.1 Å². The van der Waals surface area contributed by atoms with Crippen molar-refractivity contribution >= 4 is 38.9 Å². The number of ether oxygens (including phenoxy) is 1. The van der Waals surface area contributed by atoms with Crippen molar-refractivity contribution in [3.05, 3.63) is 75.3 Å². The number of pyridine rings is 1. The fourth-order valence-electron chi connectivity index (χ4n) is 3.12. The molecule has 0 atom stereocenters. The Morgan fingerprint density at radius 3 is 2.62 bits per heavy atom. The molecule has 150 valence electrons. The second-order valence-electron chi connectivity index (χ2n) is 6.53. The lowest BCUT2D eigenvalue weighted by atomic mass is 10.2. The van der Waals surface area contributed by atoms with Gasteiger partial charge in [0.25, 0.3) is 5.56 Å². The van der Waals surface area contributed by atoms with Crippen LogP contribution in [0.3, 0.4) is 0 Å². The van der Waals surface area contributed by atoms with E-state index in [1.165, 1.54) is 33.1 Å². The lowest BCUT2D eigenvalue weighted by Crippen LogP contribution is -2.25. The van der Waals surface area contributed by atoms with Gasteiger partial charge in [0.2, 0.25) is 10.0 Å². The van der Waals surface area contributed by atoms with E-state index in [9.17, 15) is 18.0 Å². The number of nitrogens with zero attached hydrogens (tertiary/aromatic N) is 3. The molecule has 0 radical (unpaired) electrons. The zero-order valence-corrected chi connectivity index (χ0v) is 16.7. The van der Waals surface area contributed by atoms with Crippen molar-refractivity contribution in [1.82, 2.24) is 9.38 Å². The van der Waals surface area contributed by atoms with Gasteiger partial charge in [-0.2, -0.15) is 0 Å². The molecule has 1 fully saturated rings. The molecule has 0 saturated carbocycles. The smallest absolute Gasteiger partial charge is 0.338 e. The molecule has 8 nitrogen and oxygen atoms in total. The van der Waals surface area contributed by atoms with Gasteiger partial charge in [-0.3, -0.25) is 13.5 Å². The van der Waals surface area contributed by atoms with Crippen LogP contribution in [0.4, 0.5) is 5.69 Å². The van der Waals surface area contributed by atoms with E-state index in [0.29, 0.717) is 35.0 Å². The van der Waals surface area contributed by atoms with Gasteiger partial charge in [0.1, 0.15) is 12.3 Å². The fourth-order valence-corrected chi connectivity index (χ4v) is 4.84. The van der Waals surface area contributed by atoms with E-state index >= 15 is 0 Å². The maximum atomic E-state index is 12.3. The number of esters is 1. The van der Waals surface area contributed by atoms with E-state index in [-0.39, 0.29) is 23.5 Å². The summed E-state index contributed by atoms with van der Waals surface area (Å²) >= 11 is 5.88. The number of carbonyl (C=O) groups excluding carboxylic acids is 1. The summed E-state index contributed by atoms with van der Waals surface area (Å²) in [6.45, 7) is 0.260. The maximum absolute atomic E-state index is 12.3. The summed E-state index contributed by atoms with van der Waals surface area (Å²) in [7, 11) is -3.28. The van der Waals surface area contributed by atoms with Crippen LogP contribution in [0.2, 0.25) is 5.02 Å². The number of anilines is 1. The Morgan fingerprint density at radius 1 is 1.17 bits per heavy atom. The Kier molecular flexibility index (Phi) is 5.01. The molecular formula is C19H16ClN3O5S. The fraction of sp³-hybridized carbons (Fsp3) is 0.211. The number of carbonyl (C=O) groups is 1. The summed E-state index contributed by atoms with van der Waals surface area (Å²) in [5.41, 5.74) is 1.16. The first-order valence-corrected chi connectivity index (χ1v) is 10.8. The predicted molar refractivity (Wildman–Crippen MR) is 108 cm³/mol. The van der Waals surface area contributed by atoms with E-state index < -0.39 is 16.0 Å². The van der Waals surface area contributed by atoms with Gasteiger partial charge in [0, 0.05) is 18.8 Å². The molecule has 0 N–H and O–H groups in total. The average Bonchev–Trinajstić information content (AvgIpc) is 3.06. The van der Waals surface area contributed by atoms with Gasteiger partial charge in [-0.1, -0.05) is 11.6 Å². The summed E-state index contributed by atoms with van der Waals surface area (Å²) in [6.07, 6.45) is 2.04. The third-order valence-corrected chi connectivity index (χ3v) is 6.61. The summed E-state index contributed by atoms with van der Waals surface area (Å²) in [5, 5.41) is 0.408. The lowest BCUT2D eigenvalue weighted by Gasteiger charge is -2.16. The summed E-state index contributed by atoms with van der Waals surface area (Å²) in [4.78, 5) is 28.7. The lowest BCUT2D eigenvalue weighted by molar-refractivity contribution is 0.0467. The van der Waals surface area contributed by atoms with Crippen molar-refractivity contribution in [3.8, 4) is 0 Å². The summed E-state index contributed by atoms with van der Waals surface area (Å²) in [5.74, 6) is -0.471. The molecule has 3 heterocycles. The van der Waals surface area contributed by atoms with E-state index in [4.69, 9.17) is 16.3 Å². The number of sulfonamides is 1. The third kappa shape index (κ3) is 3.96. The molecule has 0 spiro atoms. The van der Waals surface area contributed by atoms with Gasteiger partial charge in [-0.05, 0) is 42.8 Å². The molecule has 1 aliphatic rings. The highest BCUT2D eigenvalue weighted by Crippen LogP contribution is 2.24. The Hall–Kier alpha value is -2.91. The molecule has 0 amide bonds. The molecule has 1 aliphatic heterocycles. The van der Waals surface area contributed by atoms with Crippen LogP contribution in [0.5, 0.6) is 0 Å². The quantitative estimate of drug-likeness (QED) is 0.585. The Labute approximate surface area is 171 Å². The van der Waals surface area contributed by atoms with Crippen LogP contribution >= 0.6 is 11.6 Å². The molecule has 3 aromatic rings. The molecular weight excluding hydrogens is 418 g/mol. The monoisotopic (exact) mass is 433 g/mol. The highest BCUT2D eigenvalue weighted by Gasteiger charge is 2.28. The topological polar surface area (TPSA) is 98.1 Å². The number of hydrogen-bond acceptors (Lipinski definition) is 6. The van der Waals surface area contributed by atoms with E-state index in [0.717, 1.165) is 0 Å². The number of halogens is 1. The van der Waals surface area contributed by atoms with Gasteiger partial charge in [0.05, 0.1) is 27.7 Å². The molecule has 0 unspecified atom stereocenters. The molecule has 10 heteroatoms. The first-order chi connectivity index (χ1) is 13.8. The van der Waals surface area contributed by atoms with Crippen molar-refractivity contribution < 1.29 is 17.9 Å². The SMILES string of the molecule is O=C(OCc1cc(=O)n2cc(Cl)ccc2n1)c1ccc(N2CCCS2(=O)=O)cc1. The molecule has 2 aromatic heterocycles. The Balaban J connectivity index is 1.47. The minimum Gasteiger partial charge on any atom is -0.456 e. The van der Waals surface area contributed by atoms with Gasteiger partial charge in [-0.25, -0.2) is 18.2 Å². The van der Waals surface area contributed by atoms with Crippen LogP contribution in [0.15, 0.2) is 53.5 Å². The number of fused-ring (bicyclic) bond motifs is 1. The molecule has 1 saturated heterocycles. The minimum atomic E-state index is -3.28. The highest BCUT2D eigenvalue weighted by atomic mass is 35.5. The second-order valence-corrected chi connectivity index (χ2v) is 8.98. The number of aromatic nitrogens is 2. The predicted octanol–water partition coefficient (Wildman–Crippen LogP) is 2.24. The van der Waals surface area contributed by atoms with Crippen LogP contribution < -0.4 is 9.86 Å². The van der Waals surface area contributed by atoms with Crippen molar-refractivity contribution in [2.45, 2.75) is 13.0 Å². The van der Waals surface area contributed by atoms with Crippen LogP contribution in [0.1, 0.15) is 22.5 Å². The third-order valence-electron chi connectivity index (χ3n) is 4.52. The number of hydrogen-bond donors (Lipinski definition) is 0. The van der Waals surface area contributed by atoms with Crippen LogP contribution in [0.25, 0.3) is 5.65 Å². The zero-order chi connectivity index (χ0) is 20.6. The Morgan fingerprint density at radius 2 is 1.93 bits per heavy atom. The second kappa shape index (κ2) is 7.49. The number of rotatable bonds is 4. The van der Waals surface area contributed by atoms with E-state index in [1.54, 1.807) is 24.3 Å². The van der Waals surface area contributed by atoms with E-state index in [2.05, 4.69) is 4.98 Å². The average molecular weight is 434 g/mol. The number of benzene rings is 1. The largest absolute Gasteiger partial charge is 0.456 e. The summed E-state index contributed by atoms with van der Waals surface area (Å²) < 4.78 is 31.8. The highest BCUT2D eigenvalue weighted by molar-refractivity contribution is 7.93. The molecule has 4 rings (SSSR count). The minimum absolute atomic E-state index is 0.127. The molecule has 29 heavy (non-hydrogen) atoms. The first kappa shape index (κ1) is 19.4. The van der Waals surface area contributed by atoms with Gasteiger partial charge < -0.3 is 4.74 Å². The van der Waals surface area contributed by atoms with Crippen LogP contribution in [-0.2, 0) is 21.4 Å². The van der Waals surface area contributed by atoms with Crippen molar-refractivity contribution in [3.63, 3.8) is 0 Å². The molecule has 0 bridgehead atoms. The normalized spacial score (nSPS) is 15.6. The molecule has 0 aliphatic carbocycles. The van der Waals surface area contributed by atoms with Crippen molar-refractivity contribution in [2.75, 3.05) is 16.6 Å². The van der Waals surface area contributed by atoms with Crippen LogP contribution in [0, 0.1) is 0 Å². The van der Waals surface area contributed by atoms with Gasteiger partial charge in [-0.15, -0.1) is 0 Å². The molecule has 1 aromatic carbocycles. The zero-order valence-electron chi connectivity index (χ0n) is 15.1.